The minimum Gasteiger partial charge on any atom is -0.304 e. The summed E-state index contributed by atoms with van der Waals surface area (Å²) in [6.07, 6.45) is 0.978. The van der Waals surface area contributed by atoms with Gasteiger partial charge in [-0.3, -0.25) is 9.59 Å². The van der Waals surface area contributed by atoms with Gasteiger partial charge < -0.3 is 9.69 Å². The van der Waals surface area contributed by atoms with Crippen molar-refractivity contribution in [1.29, 1.82) is 0 Å². The number of hydrogen-bond acceptors (Lipinski definition) is 3. The van der Waals surface area contributed by atoms with Gasteiger partial charge in [-0.05, 0) is 12.1 Å². The third-order valence-electron chi connectivity index (χ3n) is 2.35. The first kappa shape index (κ1) is 9.58. The van der Waals surface area contributed by atoms with Crippen LogP contribution < -0.4 is 4.90 Å². The molecule has 0 saturated heterocycles. The highest BCUT2D eigenvalue weighted by molar-refractivity contribution is 6.52. The van der Waals surface area contributed by atoms with Gasteiger partial charge in [-0.1, -0.05) is 12.1 Å². The molecule has 0 N–H and O–H groups in total. The summed E-state index contributed by atoms with van der Waals surface area (Å²) >= 11 is 0. The molecule has 0 aromatic heterocycles. The molecule has 4 nitrogen and oxygen atoms in total. The van der Waals surface area contributed by atoms with E-state index in [1.165, 1.54) is 4.90 Å². The van der Waals surface area contributed by atoms with Crippen molar-refractivity contribution in [2.75, 3.05) is 11.4 Å². The van der Waals surface area contributed by atoms with Crippen molar-refractivity contribution >= 4 is 23.7 Å². The number of amides is 1. The standard InChI is InChI=1S/C11H9NO3/c13-7-3-6-12-9-5-2-1-4-8(9)10(14)11(12)15/h1-2,4-5,7H,3,6H2. The van der Waals surface area contributed by atoms with Crippen LogP contribution in [0.2, 0.25) is 0 Å². The van der Waals surface area contributed by atoms with E-state index in [1.54, 1.807) is 24.3 Å². The molecule has 1 aromatic rings. The summed E-state index contributed by atoms with van der Waals surface area (Å²) in [6, 6.07) is 6.81. The summed E-state index contributed by atoms with van der Waals surface area (Å²) in [4.78, 5) is 34.6. The zero-order valence-corrected chi connectivity index (χ0v) is 7.97. The number of aldehydes is 1. The van der Waals surface area contributed by atoms with E-state index >= 15 is 0 Å². The Morgan fingerprint density at radius 3 is 2.67 bits per heavy atom. The van der Waals surface area contributed by atoms with E-state index in [1.807, 2.05) is 0 Å². The third-order valence-corrected chi connectivity index (χ3v) is 2.35. The van der Waals surface area contributed by atoms with Gasteiger partial charge in [0.15, 0.2) is 0 Å². The number of ketones is 1. The molecule has 1 amide bonds. The van der Waals surface area contributed by atoms with Crippen LogP contribution in [0.25, 0.3) is 0 Å². The van der Waals surface area contributed by atoms with Crippen LogP contribution in [0.1, 0.15) is 16.8 Å². The smallest absolute Gasteiger partial charge is 0.299 e. The number of nitrogens with zero attached hydrogens (tertiary/aromatic N) is 1. The van der Waals surface area contributed by atoms with Crippen LogP contribution in [-0.2, 0) is 9.59 Å². The van der Waals surface area contributed by atoms with Crippen LogP contribution in [0.5, 0.6) is 0 Å². The number of benzene rings is 1. The molecule has 4 heteroatoms. The van der Waals surface area contributed by atoms with Crippen LogP contribution in [0.3, 0.4) is 0 Å². The van der Waals surface area contributed by atoms with Gasteiger partial charge in [0.05, 0.1) is 11.3 Å². The lowest BCUT2D eigenvalue weighted by Crippen LogP contribution is -2.30. The molecule has 1 aliphatic rings. The predicted octanol–water partition coefficient (Wildman–Crippen LogP) is 0.805. The summed E-state index contributed by atoms with van der Waals surface area (Å²) in [5, 5.41) is 0. The number of carbonyl (C=O) groups excluding carboxylic acids is 3. The molecule has 0 bridgehead atoms. The summed E-state index contributed by atoms with van der Waals surface area (Å²) in [5.74, 6) is -1.03. The quantitative estimate of drug-likeness (QED) is 0.539. The molecule has 0 radical (unpaired) electrons. The second kappa shape index (κ2) is 3.65. The van der Waals surface area contributed by atoms with Gasteiger partial charge in [0.25, 0.3) is 11.7 Å². The van der Waals surface area contributed by atoms with Gasteiger partial charge in [-0.2, -0.15) is 0 Å². The van der Waals surface area contributed by atoms with Gasteiger partial charge in [0.1, 0.15) is 6.29 Å². The number of fused-ring (bicyclic) bond motifs is 1. The van der Waals surface area contributed by atoms with Crippen molar-refractivity contribution in [3.05, 3.63) is 29.8 Å². The molecular weight excluding hydrogens is 194 g/mol. The second-order valence-electron chi connectivity index (χ2n) is 3.26. The number of anilines is 1. The minimum atomic E-state index is -0.543. The van der Waals surface area contributed by atoms with Crippen molar-refractivity contribution in [3.8, 4) is 0 Å². The van der Waals surface area contributed by atoms with Gasteiger partial charge in [-0.15, -0.1) is 0 Å². The average molecular weight is 203 g/mol. The normalized spacial score (nSPS) is 14.3. The Morgan fingerprint density at radius 2 is 1.93 bits per heavy atom. The van der Waals surface area contributed by atoms with E-state index in [0.717, 1.165) is 6.29 Å². The van der Waals surface area contributed by atoms with Crippen molar-refractivity contribution in [2.24, 2.45) is 0 Å². The van der Waals surface area contributed by atoms with E-state index in [9.17, 15) is 14.4 Å². The molecule has 0 fully saturated rings. The Labute approximate surface area is 86.5 Å². The fourth-order valence-electron chi connectivity index (χ4n) is 1.65. The first-order chi connectivity index (χ1) is 7.25. The molecule has 1 aliphatic heterocycles. The highest BCUT2D eigenvalue weighted by Crippen LogP contribution is 2.28. The van der Waals surface area contributed by atoms with E-state index < -0.39 is 11.7 Å². The molecule has 15 heavy (non-hydrogen) atoms. The molecule has 1 aromatic carbocycles. The summed E-state index contributed by atoms with van der Waals surface area (Å²) in [7, 11) is 0. The zero-order valence-electron chi connectivity index (χ0n) is 7.97. The largest absolute Gasteiger partial charge is 0.304 e. The molecule has 2 rings (SSSR count). The Hall–Kier alpha value is -1.97. The number of carbonyl (C=O) groups is 3. The number of hydrogen-bond donors (Lipinski definition) is 0. The Morgan fingerprint density at radius 1 is 1.20 bits per heavy atom. The van der Waals surface area contributed by atoms with E-state index in [4.69, 9.17) is 0 Å². The van der Waals surface area contributed by atoms with Crippen molar-refractivity contribution in [2.45, 2.75) is 6.42 Å². The third kappa shape index (κ3) is 1.44. The van der Waals surface area contributed by atoms with Crippen LogP contribution in [0.15, 0.2) is 24.3 Å². The Bertz CT molecular complexity index is 439. The fourth-order valence-corrected chi connectivity index (χ4v) is 1.65. The van der Waals surface area contributed by atoms with Gasteiger partial charge in [0.2, 0.25) is 0 Å². The maximum atomic E-state index is 11.5. The van der Waals surface area contributed by atoms with Gasteiger partial charge in [-0.25, -0.2) is 0 Å². The topological polar surface area (TPSA) is 54.5 Å². The number of para-hydroxylation sites is 1. The first-order valence-electron chi connectivity index (χ1n) is 4.64. The maximum absolute atomic E-state index is 11.5. The molecule has 0 unspecified atom stereocenters. The molecule has 0 saturated carbocycles. The predicted molar refractivity (Wildman–Crippen MR) is 53.8 cm³/mol. The number of rotatable bonds is 3. The van der Waals surface area contributed by atoms with Crippen LogP contribution in [0.4, 0.5) is 5.69 Å². The zero-order chi connectivity index (χ0) is 10.8. The summed E-state index contributed by atoms with van der Waals surface area (Å²) in [6.45, 7) is 0.269. The van der Waals surface area contributed by atoms with Crippen LogP contribution in [0, 0.1) is 0 Å². The highest BCUT2D eigenvalue weighted by Gasteiger charge is 2.34. The van der Waals surface area contributed by atoms with Crippen molar-refractivity contribution < 1.29 is 14.4 Å². The molecular formula is C11H9NO3. The van der Waals surface area contributed by atoms with Gasteiger partial charge in [0, 0.05) is 13.0 Å². The summed E-state index contributed by atoms with van der Waals surface area (Å²) < 4.78 is 0. The lowest BCUT2D eigenvalue weighted by molar-refractivity contribution is -0.114. The van der Waals surface area contributed by atoms with Crippen LogP contribution >= 0.6 is 0 Å². The molecule has 0 aliphatic carbocycles. The monoisotopic (exact) mass is 203 g/mol. The maximum Gasteiger partial charge on any atom is 0.299 e. The lowest BCUT2D eigenvalue weighted by Gasteiger charge is -2.14. The van der Waals surface area contributed by atoms with Gasteiger partial charge >= 0.3 is 0 Å². The second-order valence-corrected chi connectivity index (χ2v) is 3.26. The van der Waals surface area contributed by atoms with E-state index in [0.29, 0.717) is 11.3 Å². The molecule has 0 atom stereocenters. The first-order valence-corrected chi connectivity index (χ1v) is 4.64. The summed E-state index contributed by atoms with van der Waals surface area (Å²) in [5.41, 5.74) is 1.03. The van der Waals surface area contributed by atoms with E-state index in [-0.39, 0.29) is 13.0 Å². The lowest BCUT2D eigenvalue weighted by atomic mass is 10.1. The fraction of sp³-hybridized carbons (Fsp3) is 0.182. The SMILES string of the molecule is O=CCCN1C(=O)C(=O)c2ccccc21. The molecule has 76 valence electrons. The van der Waals surface area contributed by atoms with E-state index in [2.05, 4.69) is 0 Å². The Kier molecular flexibility index (Phi) is 2.33. The highest BCUT2D eigenvalue weighted by atomic mass is 16.2. The number of Topliss-reactive ketones (excluding diaryl/α,β-unsaturated/α-hetero) is 1. The Balaban J connectivity index is 2.38. The average Bonchev–Trinajstić information content (AvgIpc) is 2.51. The van der Waals surface area contributed by atoms with Crippen molar-refractivity contribution in [1.82, 2.24) is 0 Å². The van der Waals surface area contributed by atoms with Crippen molar-refractivity contribution in [3.63, 3.8) is 0 Å². The molecule has 1 heterocycles. The van der Waals surface area contributed by atoms with Crippen LogP contribution in [-0.4, -0.2) is 24.5 Å². The minimum absolute atomic E-state index is 0.243. The molecule has 0 spiro atoms.